The maximum Gasteiger partial charge on any atom is 0.222 e. The van der Waals surface area contributed by atoms with Gasteiger partial charge in [0.25, 0.3) is 0 Å². The molecule has 1 saturated carbocycles. The number of halogens is 1. The SMILES string of the molecule is Cl.O=C(CCC1CCCO1)N1CCC(NCC2CC2)CC1. The highest BCUT2D eigenvalue weighted by Gasteiger charge is 2.26. The van der Waals surface area contributed by atoms with Gasteiger partial charge >= 0.3 is 0 Å². The predicted molar refractivity (Wildman–Crippen MR) is 85.8 cm³/mol. The van der Waals surface area contributed by atoms with Gasteiger partial charge in [-0.05, 0) is 57.4 Å². The molecule has 4 nitrogen and oxygen atoms in total. The zero-order chi connectivity index (χ0) is 13.8. The molecular weight excluding hydrogens is 288 g/mol. The van der Waals surface area contributed by atoms with E-state index in [-0.39, 0.29) is 12.4 Å². The van der Waals surface area contributed by atoms with Gasteiger partial charge in [-0.25, -0.2) is 0 Å². The van der Waals surface area contributed by atoms with Gasteiger partial charge in [-0.2, -0.15) is 0 Å². The molecule has 1 N–H and O–H groups in total. The van der Waals surface area contributed by atoms with Crippen LogP contribution in [0.4, 0.5) is 0 Å². The Bertz CT molecular complexity index is 322. The Morgan fingerprint density at radius 3 is 2.52 bits per heavy atom. The first-order valence-electron chi connectivity index (χ1n) is 8.44. The van der Waals surface area contributed by atoms with E-state index in [9.17, 15) is 4.79 Å². The first-order chi connectivity index (χ1) is 9.81. The lowest BCUT2D eigenvalue weighted by Gasteiger charge is -2.32. The van der Waals surface area contributed by atoms with Crippen molar-refractivity contribution in [3.05, 3.63) is 0 Å². The Balaban J connectivity index is 0.00000161. The van der Waals surface area contributed by atoms with Crippen LogP contribution < -0.4 is 5.32 Å². The monoisotopic (exact) mass is 316 g/mol. The van der Waals surface area contributed by atoms with Gasteiger partial charge < -0.3 is 15.0 Å². The summed E-state index contributed by atoms with van der Waals surface area (Å²) in [6, 6.07) is 0.637. The van der Waals surface area contributed by atoms with Crippen LogP contribution in [0, 0.1) is 5.92 Å². The Morgan fingerprint density at radius 1 is 1.14 bits per heavy atom. The first-order valence-corrected chi connectivity index (χ1v) is 8.44. The lowest BCUT2D eigenvalue weighted by molar-refractivity contribution is -0.133. The molecule has 1 aliphatic carbocycles. The molecule has 1 atom stereocenters. The highest BCUT2D eigenvalue weighted by atomic mass is 35.5. The summed E-state index contributed by atoms with van der Waals surface area (Å²) >= 11 is 0. The number of carbonyl (C=O) groups is 1. The molecule has 0 bridgehead atoms. The van der Waals surface area contributed by atoms with E-state index >= 15 is 0 Å². The second-order valence-electron chi connectivity index (χ2n) is 6.68. The third-order valence-electron chi connectivity index (χ3n) is 4.94. The fourth-order valence-corrected chi connectivity index (χ4v) is 3.30. The second-order valence-corrected chi connectivity index (χ2v) is 6.68. The first kappa shape index (κ1) is 17.0. The molecule has 21 heavy (non-hydrogen) atoms. The van der Waals surface area contributed by atoms with Crippen LogP contribution in [0.1, 0.15) is 51.4 Å². The number of ether oxygens (including phenoxy) is 1. The molecule has 2 saturated heterocycles. The minimum Gasteiger partial charge on any atom is -0.378 e. The predicted octanol–water partition coefficient (Wildman–Crippen LogP) is 2.36. The van der Waals surface area contributed by atoms with Crippen molar-refractivity contribution in [2.75, 3.05) is 26.2 Å². The third kappa shape index (κ3) is 5.42. The van der Waals surface area contributed by atoms with Gasteiger partial charge in [-0.3, -0.25) is 4.79 Å². The van der Waals surface area contributed by atoms with E-state index in [1.54, 1.807) is 0 Å². The summed E-state index contributed by atoms with van der Waals surface area (Å²) in [7, 11) is 0. The molecule has 1 unspecified atom stereocenters. The van der Waals surface area contributed by atoms with Crippen LogP contribution in [0.2, 0.25) is 0 Å². The van der Waals surface area contributed by atoms with Gasteiger partial charge in [0.1, 0.15) is 0 Å². The zero-order valence-corrected chi connectivity index (χ0v) is 13.7. The Labute approximate surface area is 134 Å². The van der Waals surface area contributed by atoms with Crippen LogP contribution in [-0.4, -0.2) is 49.2 Å². The average Bonchev–Trinajstić information content (AvgIpc) is 3.17. The summed E-state index contributed by atoms with van der Waals surface area (Å²) in [5, 5.41) is 3.66. The van der Waals surface area contributed by atoms with E-state index in [1.165, 1.54) is 19.4 Å². The van der Waals surface area contributed by atoms with Crippen molar-refractivity contribution in [1.29, 1.82) is 0 Å². The van der Waals surface area contributed by atoms with Crippen LogP contribution in [0.5, 0.6) is 0 Å². The summed E-state index contributed by atoms with van der Waals surface area (Å²) in [5.74, 6) is 1.28. The maximum absolute atomic E-state index is 12.2. The fourth-order valence-electron chi connectivity index (χ4n) is 3.30. The number of hydrogen-bond donors (Lipinski definition) is 1. The summed E-state index contributed by atoms with van der Waals surface area (Å²) < 4.78 is 5.59. The molecule has 0 radical (unpaired) electrons. The molecule has 0 aromatic rings. The van der Waals surface area contributed by atoms with Gasteiger partial charge in [-0.1, -0.05) is 0 Å². The fraction of sp³-hybridized carbons (Fsp3) is 0.938. The number of carbonyl (C=O) groups excluding carboxylic acids is 1. The van der Waals surface area contributed by atoms with Crippen LogP contribution in [0.15, 0.2) is 0 Å². The van der Waals surface area contributed by atoms with Gasteiger partial charge in [0.2, 0.25) is 5.91 Å². The number of likely N-dealkylation sites (tertiary alicyclic amines) is 1. The molecule has 2 heterocycles. The highest BCUT2D eigenvalue weighted by molar-refractivity contribution is 5.85. The van der Waals surface area contributed by atoms with Crippen molar-refractivity contribution < 1.29 is 9.53 Å². The molecule has 3 aliphatic rings. The zero-order valence-electron chi connectivity index (χ0n) is 12.9. The van der Waals surface area contributed by atoms with Gasteiger partial charge in [0, 0.05) is 32.2 Å². The highest BCUT2D eigenvalue weighted by Crippen LogP contribution is 2.28. The Hall–Kier alpha value is -0.320. The number of amides is 1. The Kier molecular flexibility index (Phi) is 6.77. The molecule has 5 heteroatoms. The van der Waals surface area contributed by atoms with Crippen molar-refractivity contribution in [3.8, 4) is 0 Å². The van der Waals surface area contributed by atoms with Gasteiger partial charge in [0.05, 0.1) is 6.10 Å². The smallest absolute Gasteiger partial charge is 0.222 e. The molecule has 122 valence electrons. The van der Waals surface area contributed by atoms with Crippen LogP contribution in [-0.2, 0) is 9.53 Å². The van der Waals surface area contributed by atoms with Crippen molar-refractivity contribution in [3.63, 3.8) is 0 Å². The molecule has 3 fully saturated rings. The van der Waals surface area contributed by atoms with E-state index in [0.717, 1.165) is 57.7 Å². The van der Waals surface area contributed by atoms with Gasteiger partial charge in [-0.15, -0.1) is 12.4 Å². The minimum absolute atomic E-state index is 0. The normalized spacial score (nSPS) is 26.7. The molecule has 0 aromatic heterocycles. The van der Waals surface area contributed by atoms with Crippen molar-refractivity contribution in [1.82, 2.24) is 10.2 Å². The number of rotatable bonds is 6. The maximum atomic E-state index is 12.2. The average molecular weight is 317 g/mol. The summed E-state index contributed by atoms with van der Waals surface area (Å²) in [6.45, 7) is 3.95. The second kappa shape index (κ2) is 8.35. The van der Waals surface area contributed by atoms with E-state index in [2.05, 4.69) is 10.2 Å². The largest absolute Gasteiger partial charge is 0.378 e. The van der Waals surface area contributed by atoms with Gasteiger partial charge in [0.15, 0.2) is 0 Å². The molecule has 3 rings (SSSR count). The van der Waals surface area contributed by atoms with E-state index in [1.807, 2.05) is 0 Å². The van der Waals surface area contributed by atoms with Crippen molar-refractivity contribution >= 4 is 18.3 Å². The standard InChI is InChI=1S/C16H28N2O2.ClH/c19-16(6-5-15-2-1-11-20-15)18-9-7-14(8-10-18)17-12-13-3-4-13;/h13-15,17H,1-12H2;1H. The lowest BCUT2D eigenvalue weighted by atomic mass is 10.0. The van der Waals surface area contributed by atoms with Crippen LogP contribution >= 0.6 is 12.4 Å². The molecule has 1 amide bonds. The quantitative estimate of drug-likeness (QED) is 0.818. The number of hydrogen-bond acceptors (Lipinski definition) is 3. The summed E-state index contributed by atoms with van der Waals surface area (Å²) in [5.41, 5.74) is 0. The van der Waals surface area contributed by atoms with Crippen molar-refractivity contribution in [2.45, 2.75) is 63.5 Å². The number of nitrogens with zero attached hydrogens (tertiary/aromatic N) is 1. The van der Waals surface area contributed by atoms with Crippen LogP contribution in [0.25, 0.3) is 0 Å². The van der Waals surface area contributed by atoms with E-state index in [4.69, 9.17) is 4.74 Å². The molecule has 0 spiro atoms. The number of nitrogens with one attached hydrogen (secondary N) is 1. The molecule has 2 aliphatic heterocycles. The summed E-state index contributed by atoms with van der Waals surface area (Å²) in [6.07, 6.45) is 9.30. The molecular formula is C16H29ClN2O2. The topological polar surface area (TPSA) is 41.6 Å². The minimum atomic E-state index is 0. The lowest BCUT2D eigenvalue weighted by Crippen LogP contribution is -2.45. The van der Waals surface area contributed by atoms with Crippen LogP contribution in [0.3, 0.4) is 0 Å². The third-order valence-corrected chi connectivity index (χ3v) is 4.94. The van der Waals surface area contributed by atoms with Crippen molar-refractivity contribution in [2.24, 2.45) is 5.92 Å². The van der Waals surface area contributed by atoms with E-state index < -0.39 is 0 Å². The molecule has 0 aromatic carbocycles. The Morgan fingerprint density at radius 2 is 1.90 bits per heavy atom. The van der Waals surface area contributed by atoms with E-state index in [0.29, 0.717) is 24.5 Å². The number of piperidine rings is 1. The summed E-state index contributed by atoms with van der Waals surface area (Å²) in [4.78, 5) is 14.2.